The lowest BCUT2D eigenvalue weighted by Crippen LogP contribution is -2.32. The molecule has 0 aromatic heterocycles. The number of halogens is 1. The standard InChI is InChI=1S/C17H20BrNO3S/c1-15-8-10-17(11-9-15)23(20,21)19(13-5-12-18)22-14-16-6-3-2-4-7-16/h2-4,6-11H,5,12-14H2,1H3. The molecule has 0 fully saturated rings. The second kappa shape index (κ2) is 8.59. The predicted octanol–water partition coefficient (Wildman–Crippen LogP) is 3.90. The van der Waals surface area contributed by atoms with E-state index in [4.69, 9.17) is 4.84 Å². The highest BCUT2D eigenvalue weighted by molar-refractivity contribution is 9.09. The molecule has 0 unspecified atom stereocenters. The molecule has 2 rings (SSSR count). The summed E-state index contributed by atoms with van der Waals surface area (Å²) in [7, 11) is -3.67. The van der Waals surface area contributed by atoms with Gasteiger partial charge in [-0.1, -0.05) is 68.4 Å². The Labute approximate surface area is 146 Å². The molecule has 0 amide bonds. The van der Waals surface area contributed by atoms with E-state index in [0.29, 0.717) is 18.3 Å². The van der Waals surface area contributed by atoms with Gasteiger partial charge in [-0.05, 0) is 31.0 Å². The summed E-state index contributed by atoms with van der Waals surface area (Å²) in [6, 6.07) is 16.3. The highest BCUT2D eigenvalue weighted by Crippen LogP contribution is 2.18. The van der Waals surface area contributed by atoms with E-state index < -0.39 is 10.0 Å². The number of sulfonamides is 1. The van der Waals surface area contributed by atoms with Crippen molar-refractivity contribution in [2.45, 2.75) is 24.8 Å². The fourth-order valence-corrected chi connectivity index (χ4v) is 3.52. The zero-order valence-electron chi connectivity index (χ0n) is 13.0. The normalized spacial score (nSPS) is 11.8. The van der Waals surface area contributed by atoms with Crippen molar-refractivity contribution in [3.63, 3.8) is 0 Å². The summed E-state index contributed by atoms with van der Waals surface area (Å²) in [4.78, 5) is 5.85. The van der Waals surface area contributed by atoms with Crippen molar-refractivity contribution in [2.75, 3.05) is 11.9 Å². The van der Waals surface area contributed by atoms with Crippen LogP contribution in [-0.4, -0.2) is 24.8 Å². The fraction of sp³-hybridized carbons (Fsp3) is 0.294. The zero-order chi connectivity index (χ0) is 16.7. The summed E-state index contributed by atoms with van der Waals surface area (Å²) in [5.41, 5.74) is 1.94. The predicted molar refractivity (Wildman–Crippen MR) is 94.7 cm³/mol. The van der Waals surface area contributed by atoms with Crippen LogP contribution in [-0.2, 0) is 21.5 Å². The first-order valence-corrected chi connectivity index (χ1v) is 9.92. The molecule has 6 heteroatoms. The van der Waals surface area contributed by atoms with E-state index in [-0.39, 0.29) is 11.5 Å². The maximum atomic E-state index is 12.8. The van der Waals surface area contributed by atoms with Crippen LogP contribution >= 0.6 is 15.9 Å². The van der Waals surface area contributed by atoms with Gasteiger partial charge < -0.3 is 0 Å². The van der Waals surface area contributed by atoms with Crippen LogP contribution in [0.5, 0.6) is 0 Å². The lowest BCUT2D eigenvalue weighted by atomic mass is 10.2. The summed E-state index contributed by atoms with van der Waals surface area (Å²) >= 11 is 3.33. The van der Waals surface area contributed by atoms with Crippen molar-refractivity contribution in [3.8, 4) is 0 Å². The molecule has 0 radical (unpaired) electrons. The molecule has 2 aromatic carbocycles. The lowest BCUT2D eigenvalue weighted by molar-refractivity contribution is -0.0957. The summed E-state index contributed by atoms with van der Waals surface area (Å²) in [5, 5.41) is 0.710. The van der Waals surface area contributed by atoms with Gasteiger partial charge in [0.05, 0.1) is 11.5 Å². The van der Waals surface area contributed by atoms with Crippen molar-refractivity contribution < 1.29 is 13.3 Å². The van der Waals surface area contributed by atoms with Gasteiger partial charge in [0, 0.05) is 11.9 Å². The molecule has 2 aromatic rings. The Balaban J connectivity index is 2.17. The maximum absolute atomic E-state index is 12.8. The number of hydrogen-bond donors (Lipinski definition) is 0. The molecule has 0 aliphatic heterocycles. The smallest absolute Gasteiger partial charge is 0.265 e. The largest absolute Gasteiger partial charge is 0.279 e. The number of nitrogens with zero attached hydrogens (tertiary/aromatic N) is 1. The molecule has 0 heterocycles. The third-order valence-corrected chi connectivity index (χ3v) is 5.53. The molecular weight excluding hydrogens is 378 g/mol. The third-order valence-electron chi connectivity index (χ3n) is 3.28. The highest BCUT2D eigenvalue weighted by atomic mass is 79.9. The van der Waals surface area contributed by atoms with Gasteiger partial charge in [0.25, 0.3) is 10.0 Å². The number of alkyl halides is 1. The van der Waals surface area contributed by atoms with Crippen LogP contribution in [0.1, 0.15) is 17.5 Å². The van der Waals surface area contributed by atoms with Crippen LogP contribution in [0, 0.1) is 6.92 Å². The number of rotatable bonds is 8. The molecule has 0 aliphatic rings. The number of aryl methyl sites for hydroxylation is 1. The molecule has 4 nitrogen and oxygen atoms in total. The summed E-state index contributed by atoms with van der Waals surface area (Å²) in [5.74, 6) is 0. The van der Waals surface area contributed by atoms with E-state index in [9.17, 15) is 8.42 Å². The van der Waals surface area contributed by atoms with Gasteiger partial charge in [-0.2, -0.15) is 0 Å². The average Bonchev–Trinajstić information content (AvgIpc) is 2.56. The Morgan fingerprint density at radius 3 is 2.30 bits per heavy atom. The minimum atomic E-state index is -3.67. The molecule has 0 saturated carbocycles. The van der Waals surface area contributed by atoms with E-state index in [1.807, 2.05) is 37.3 Å². The Hall–Kier alpha value is -1.21. The number of benzene rings is 2. The second-order valence-electron chi connectivity index (χ2n) is 5.15. The molecular formula is C17H20BrNO3S. The van der Waals surface area contributed by atoms with Crippen molar-refractivity contribution in [1.82, 2.24) is 4.47 Å². The average molecular weight is 398 g/mol. The first-order chi connectivity index (χ1) is 11.0. The minimum Gasteiger partial charge on any atom is -0.279 e. The van der Waals surface area contributed by atoms with Gasteiger partial charge in [-0.25, -0.2) is 8.42 Å². The fourth-order valence-electron chi connectivity index (χ4n) is 1.99. The Morgan fingerprint density at radius 2 is 1.70 bits per heavy atom. The molecule has 124 valence electrons. The second-order valence-corrected chi connectivity index (χ2v) is 7.77. The Kier molecular flexibility index (Phi) is 6.77. The van der Waals surface area contributed by atoms with Gasteiger partial charge in [0.1, 0.15) is 0 Å². The first-order valence-electron chi connectivity index (χ1n) is 7.36. The van der Waals surface area contributed by atoms with E-state index in [1.54, 1.807) is 24.3 Å². The molecule has 0 spiro atoms. The first kappa shape index (κ1) is 18.1. The summed E-state index contributed by atoms with van der Waals surface area (Å²) in [6.07, 6.45) is 0.667. The lowest BCUT2D eigenvalue weighted by Gasteiger charge is -2.21. The highest BCUT2D eigenvalue weighted by Gasteiger charge is 2.25. The molecule has 0 N–H and O–H groups in total. The Bertz CT molecular complexity index is 702. The van der Waals surface area contributed by atoms with E-state index in [1.165, 1.54) is 0 Å². The summed E-state index contributed by atoms with van der Waals surface area (Å²) in [6.45, 7) is 2.44. The van der Waals surface area contributed by atoms with Crippen LogP contribution in [0.4, 0.5) is 0 Å². The number of hydroxylamine groups is 1. The van der Waals surface area contributed by atoms with Crippen LogP contribution in [0.3, 0.4) is 0 Å². The zero-order valence-corrected chi connectivity index (χ0v) is 15.4. The number of hydrogen-bond acceptors (Lipinski definition) is 3. The van der Waals surface area contributed by atoms with Gasteiger partial charge in [-0.3, -0.25) is 4.84 Å². The van der Waals surface area contributed by atoms with Crippen LogP contribution in [0.15, 0.2) is 59.5 Å². The van der Waals surface area contributed by atoms with E-state index >= 15 is 0 Å². The SMILES string of the molecule is Cc1ccc(S(=O)(=O)N(CCCBr)OCc2ccccc2)cc1. The van der Waals surface area contributed by atoms with E-state index in [2.05, 4.69) is 15.9 Å². The van der Waals surface area contributed by atoms with Crippen LogP contribution in [0.2, 0.25) is 0 Å². The van der Waals surface area contributed by atoms with Crippen molar-refractivity contribution in [1.29, 1.82) is 0 Å². The van der Waals surface area contributed by atoms with Crippen molar-refractivity contribution in [2.24, 2.45) is 0 Å². The third kappa shape index (κ3) is 5.14. The topological polar surface area (TPSA) is 46.6 Å². The van der Waals surface area contributed by atoms with Crippen molar-refractivity contribution in [3.05, 3.63) is 65.7 Å². The van der Waals surface area contributed by atoms with Crippen LogP contribution < -0.4 is 0 Å². The van der Waals surface area contributed by atoms with Crippen LogP contribution in [0.25, 0.3) is 0 Å². The molecule has 0 saturated heterocycles. The molecule has 0 aliphatic carbocycles. The van der Waals surface area contributed by atoms with Gasteiger partial charge in [0.2, 0.25) is 0 Å². The van der Waals surface area contributed by atoms with Crippen molar-refractivity contribution >= 4 is 26.0 Å². The maximum Gasteiger partial charge on any atom is 0.265 e. The monoisotopic (exact) mass is 397 g/mol. The molecule has 0 bridgehead atoms. The van der Waals surface area contributed by atoms with Gasteiger partial charge in [-0.15, -0.1) is 0 Å². The van der Waals surface area contributed by atoms with E-state index in [0.717, 1.165) is 15.6 Å². The minimum absolute atomic E-state index is 0.216. The van der Waals surface area contributed by atoms with Gasteiger partial charge in [0.15, 0.2) is 0 Å². The Morgan fingerprint density at radius 1 is 1.04 bits per heavy atom. The van der Waals surface area contributed by atoms with Gasteiger partial charge >= 0.3 is 0 Å². The molecule has 0 atom stereocenters. The quantitative estimate of drug-likeness (QED) is 0.501. The summed E-state index contributed by atoms with van der Waals surface area (Å²) < 4.78 is 26.6. The molecule has 23 heavy (non-hydrogen) atoms.